The van der Waals surface area contributed by atoms with E-state index >= 15 is 0 Å². The van der Waals surface area contributed by atoms with Gasteiger partial charge in [-0.3, -0.25) is 15.6 Å². The van der Waals surface area contributed by atoms with Crippen molar-refractivity contribution in [3.63, 3.8) is 0 Å². The van der Waals surface area contributed by atoms with Gasteiger partial charge in [0, 0.05) is 50.2 Å². The number of amides is 1. The van der Waals surface area contributed by atoms with Crippen LogP contribution in [0.3, 0.4) is 0 Å². The number of fused-ring (bicyclic) bond motifs is 1. The van der Waals surface area contributed by atoms with Crippen molar-refractivity contribution in [3.8, 4) is 0 Å². The van der Waals surface area contributed by atoms with E-state index in [1.54, 1.807) is 23.1 Å². The molecule has 0 bridgehead atoms. The molecule has 1 amide bonds. The molecule has 0 aliphatic carbocycles. The molecule has 2 aromatic carbocycles. The minimum atomic E-state index is -4.02. The van der Waals surface area contributed by atoms with Gasteiger partial charge in [0.05, 0.1) is 4.90 Å². The number of nitrogens with zero attached hydrogens (tertiary/aromatic N) is 2. The maximum atomic E-state index is 13.6. The van der Waals surface area contributed by atoms with Crippen LogP contribution in [0.4, 0.5) is 5.69 Å². The SMILES string of the molecule is CN(C)c1cccc2c(S(=O)(=O)NC(CCCNC(=N)C(=N)N)C(=O)N3CCCCCC3)cccc12. The number of rotatable bonds is 9. The van der Waals surface area contributed by atoms with Gasteiger partial charge < -0.3 is 20.9 Å². The molecular formula is C25H37N7O3S. The first-order valence-corrected chi connectivity index (χ1v) is 13.8. The molecule has 1 aliphatic heterocycles. The minimum absolute atomic E-state index is 0.133. The molecule has 3 rings (SSSR count). The van der Waals surface area contributed by atoms with E-state index < -0.39 is 16.1 Å². The van der Waals surface area contributed by atoms with Gasteiger partial charge in [0.1, 0.15) is 6.04 Å². The minimum Gasteiger partial charge on any atom is -0.381 e. The van der Waals surface area contributed by atoms with E-state index in [4.69, 9.17) is 16.6 Å². The summed E-state index contributed by atoms with van der Waals surface area (Å²) in [6.07, 6.45) is 4.59. The predicted octanol–water partition coefficient (Wildman–Crippen LogP) is 2.24. The molecule has 10 nitrogen and oxygen atoms in total. The molecule has 6 N–H and O–H groups in total. The zero-order valence-corrected chi connectivity index (χ0v) is 21.8. The van der Waals surface area contributed by atoms with Crippen LogP contribution < -0.4 is 20.7 Å². The Morgan fingerprint density at radius 3 is 2.33 bits per heavy atom. The van der Waals surface area contributed by atoms with E-state index in [0.29, 0.717) is 31.4 Å². The summed E-state index contributed by atoms with van der Waals surface area (Å²) in [5, 5.41) is 19.1. The number of carbonyl (C=O) groups is 1. The summed E-state index contributed by atoms with van der Waals surface area (Å²) in [6, 6.07) is 9.77. The maximum Gasteiger partial charge on any atom is 0.241 e. The summed E-state index contributed by atoms with van der Waals surface area (Å²) in [5.74, 6) is -0.796. The van der Waals surface area contributed by atoms with Gasteiger partial charge in [0.2, 0.25) is 15.9 Å². The molecule has 1 atom stereocenters. The zero-order chi connectivity index (χ0) is 26.3. The summed E-state index contributed by atoms with van der Waals surface area (Å²) in [6.45, 7) is 1.53. The van der Waals surface area contributed by atoms with Gasteiger partial charge in [0.15, 0.2) is 11.7 Å². The molecule has 0 aromatic heterocycles. The Labute approximate surface area is 213 Å². The summed E-state index contributed by atoms with van der Waals surface area (Å²) < 4.78 is 30.0. The lowest BCUT2D eigenvalue weighted by molar-refractivity contribution is -0.133. The molecule has 2 aromatic rings. The molecule has 36 heavy (non-hydrogen) atoms. The number of hydrogen-bond donors (Lipinski definition) is 5. The molecule has 11 heteroatoms. The third kappa shape index (κ3) is 6.73. The van der Waals surface area contributed by atoms with Gasteiger partial charge >= 0.3 is 0 Å². The highest BCUT2D eigenvalue weighted by Gasteiger charge is 2.30. The monoisotopic (exact) mass is 515 g/mol. The number of anilines is 1. The quantitative estimate of drug-likeness (QED) is 0.196. The van der Waals surface area contributed by atoms with Crippen molar-refractivity contribution < 1.29 is 13.2 Å². The van der Waals surface area contributed by atoms with Crippen LogP contribution in [-0.4, -0.2) is 70.7 Å². The van der Waals surface area contributed by atoms with E-state index in [1.165, 1.54) is 0 Å². The van der Waals surface area contributed by atoms with Crippen LogP contribution in [0, 0.1) is 10.8 Å². The van der Waals surface area contributed by atoms with Crippen LogP contribution in [-0.2, 0) is 14.8 Å². The van der Waals surface area contributed by atoms with Crippen molar-refractivity contribution in [3.05, 3.63) is 36.4 Å². The smallest absolute Gasteiger partial charge is 0.241 e. The fraction of sp³-hybridized carbons (Fsp3) is 0.480. The number of nitrogens with two attached hydrogens (primary N) is 1. The van der Waals surface area contributed by atoms with E-state index in [0.717, 1.165) is 36.8 Å². The van der Waals surface area contributed by atoms with Gasteiger partial charge in [-0.25, -0.2) is 8.42 Å². The highest BCUT2D eigenvalue weighted by molar-refractivity contribution is 7.89. The molecular weight excluding hydrogens is 478 g/mol. The van der Waals surface area contributed by atoms with E-state index in [-0.39, 0.29) is 28.9 Å². The van der Waals surface area contributed by atoms with Crippen molar-refractivity contribution in [1.29, 1.82) is 10.8 Å². The molecule has 1 fully saturated rings. The summed E-state index contributed by atoms with van der Waals surface area (Å²) in [7, 11) is -0.208. The highest BCUT2D eigenvalue weighted by atomic mass is 32.2. The van der Waals surface area contributed by atoms with Crippen LogP contribution in [0.25, 0.3) is 10.8 Å². The van der Waals surface area contributed by atoms with Crippen molar-refractivity contribution in [2.24, 2.45) is 5.73 Å². The van der Waals surface area contributed by atoms with Crippen LogP contribution >= 0.6 is 0 Å². The fourth-order valence-corrected chi connectivity index (χ4v) is 5.94. The van der Waals surface area contributed by atoms with Crippen LogP contribution in [0.15, 0.2) is 41.3 Å². The lowest BCUT2D eigenvalue weighted by Gasteiger charge is -2.27. The summed E-state index contributed by atoms with van der Waals surface area (Å²) in [4.78, 5) is 17.3. The molecule has 0 radical (unpaired) electrons. The molecule has 1 heterocycles. The number of carbonyl (C=O) groups excluding carboxylic acids is 1. The molecule has 0 spiro atoms. The average molecular weight is 516 g/mol. The third-order valence-corrected chi connectivity index (χ3v) is 7.91. The largest absolute Gasteiger partial charge is 0.381 e. The molecule has 1 unspecified atom stereocenters. The number of hydrogen-bond acceptors (Lipinski definition) is 6. The number of nitrogens with one attached hydrogen (secondary N) is 4. The van der Waals surface area contributed by atoms with Crippen molar-refractivity contribution in [2.75, 3.05) is 38.6 Å². The topological polar surface area (TPSA) is 155 Å². The molecule has 0 saturated carbocycles. The number of amidine groups is 2. The fourth-order valence-electron chi connectivity index (χ4n) is 4.50. The van der Waals surface area contributed by atoms with Gasteiger partial charge in [0.25, 0.3) is 0 Å². The second kappa shape index (κ2) is 12.2. The number of likely N-dealkylation sites (tertiary alicyclic amines) is 1. The van der Waals surface area contributed by atoms with Crippen molar-refractivity contribution in [1.82, 2.24) is 14.9 Å². The Morgan fingerprint density at radius 2 is 1.69 bits per heavy atom. The van der Waals surface area contributed by atoms with Gasteiger partial charge in [-0.05, 0) is 37.8 Å². The Bertz CT molecular complexity index is 1210. The standard InChI is InChI=1S/C25H37N7O3S/c1-31(2)21-13-7-11-19-18(21)10-8-14-22(19)36(34,35)30-20(12-9-15-29-24(28)23(26)27)25(33)32-16-5-3-4-6-17-32/h7-8,10-11,13-14,20,30H,3-6,9,12,15-17H2,1-2H3,(H3,26,27)(H2,28,29). The average Bonchev–Trinajstić information content (AvgIpc) is 3.14. The van der Waals surface area contributed by atoms with Crippen molar-refractivity contribution in [2.45, 2.75) is 49.5 Å². The third-order valence-electron chi connectivity index (χ3n) is 6.38. The van der Waals surface area contributed by atoms with Gasteiger partial charge in [-0.2, -0.15) is 4.72 Å². The maximum absolute atomic E-state index is 13.6. The number of benzene rings is 2. The van der Waals surface area contributed by atoms with Gasteiger partial charge in [-0.1, -0.05) is 37.1 Å². The molecule has 1 saturated heterocycles. The Kier molecular flexibility index (Phi) is 9.27. The Hall–Kier alpha value is -3.18. The Balaban J connectivity index is 1.87. The Morgan fingerprint density at radius 1 is 1.06 bits per heavy atom. The lowest BCUT2D eigenvalue weighted by Crippen LogP contribution is -2.49. The predicted molar refractivity (Wildman–Crippen MR) is 144 cm³/mol. The van der Waals surface area contributed by atoms with E-state index in [1.807, 2.05) is 37.2 Å². The number of sulfonamides is 1. The second-order valence-electron chi connectivity index (χ2n) is 9.29. The first-order chi connectivity index (χ1) is 17.1. The van der Waals surface area contributed by atoms with Crippen LogP contribution in [0.2, 0.25) is 0 Å². The van der Waals surface area contributed by atoms with Gasteiger partial charge in [-0.15, -0.1) is 0 Å². The summed E-state index contributed by atoms with van der Waals surface area (Å²) in [5.41, 5.74) is 6.21. The summed E-state index contributed by atoms with van der Waals surface area (Å²) >= 11 is 0. The molecule has 196 valence electrons. The zero-order valence-electron chi connectivity index (χ0n) is 21.0. The first-order valence-electron chi connectivity index (χ1n) is 12.3. The van der Waals surface area contributed by atoms with E-state index in [9.17, 15) is 13.2 Å². The van der Waals surface area contributed by atoms with Crippen molar-refractivity contribution >= 4 is 44.1 Å². The van der Waals surface area contributed by atoms with Crippen LogP contribution in [0.5, 0.6) is 0 Å². The van der Waals surface area contributed by atoms with E-state index in [2.05, 4.69) is 10.0 Å². The highest BCUT2D eigenvalue weighted by Crippen LogP contribution is 2.30. The molecule has 1 aliphatic rings. The lowest BCUT2D eigenvalue weighted by atomic mass is 10.1. The normalized spacial score (nSPS) is 15.2. The van der Waals surface area contributed by atoms with Crippen LogP contribution in [0.1, 0.15) is 38.5 Å². The first kappa shape index (κ1) is 27.4. The second-order valence-corrected chi connectivity index (χ2v) is 11.0.